The van der Waals surface area contributed by atoms with Crippen LogP contribution in [0.4, 0.5) is 19.0 Å². The number of anilines is 1. The molecule has 2 fully saturated rings. The maximum Gasteiger partial charge on any atom is 0.433 e. The van der Waals surface area contributed by atoms with Crippen molar-refractivity contribution in [2.75, 3.05) is 44.3 Å². The molecule has 44 heavy (non-hydrogen) atoms. The number of carbonyl (C=O) groups excluding carboxylic acids is 1. The molecule has 0 spiro atoms. The molecule has 2 aliphatic rings. The summed E-state index contributed by atoms with van der Waals surface area (Å²) in [4.78, 5) is 59.0. The highest BCUT2D eigenvalue weighted by Crippen LogP contribution is 2.33. The SMILES string of the molecule is CCCn1c(=O)n(C2CC2)c(=O)c2[nH]c(-c3ccc(N(CCN4CCOCC4)C(=O)c4ccc(C(F)(F)F)nc4)nc3)nc21. The number of ether oxygens (including phenoxy) is 1. The van der Waals surface area contributed by atoms with Crippen molar-refractivity contribution in [1.82, 2.24) is 34.0 Å². The van der Waals surface area contributed by atoms with Gasteiger partial charge in [-0.3, -0.25) is 33.5 Å². The number of pyridine rings is 2. The van der Waals surface area contributed by atoms with Crippen LogP contribution in [-0.4, -0.2) is 79.3 Å². The zero-order valence-electron chi connectivity index (χ0n) is 24.0. The van der Waals surface area contributed by atoms with Crippen molar-refractivity contribution >= 4 is 22.9 Å². The van der Waals surface area contributed by atoms with E-state index in [0.717, 1.165) is 31.2 Å². The number of nitrogens with one attached hydrogen (secondary N) is 1. The molecular weight excluding hydrogens is 581 g/mol. The third kappa shape index (κ3) is 5.88. The number of alkyl halides is 3. The number of amides is 1. The Morgan fingerprint density at radius 3 is 2.45 bits per heavy atom. The average Bonchev–Trinajstić information content (AvgIpc) is 3.76. The summed E-state index contributed by atoms with van der Waals surface area (Å²) in [6, 6.07) is 5.07. The number of aryl methyl sites for hydroxylation is 1. The monoisotopic (exact) mass is 612 g/mol. The van der Waals surface area contributed by atoms with Crippen molar-refractivity contribution in [2.24, 2.45) is 0 Å². The molecule has 6 rings (SSSR count). The molecule has 5 heterocycles. The van der Waals surface area contributed by atoms with Crippen molar-refractivity contribution < 1.29 is 22.7 Å². The quantitative estimate of drug-likeness (QED) is 0.305. The van der Waals surface area contributed by atoms with Crippen LogP contribution < -0.4 is 16.1 Å². The van der Waals surface area contributed by atoms with Gasteiger partial charge in [-0.15, -0.1) is 0 Å². The van der Waals surface area contributed by atoms with E-state index in [2.05, 4.69) is 24.8 Å². The maximum absolute atomic E-state index is 13.5. The van der Waals surface area contributed by atoms with Crippen molar-refractivity contribution in [1.29, 1.82) is 0 Å². The summed E-state index contributed by atoms with van der Waals surface area (Å²) in [6.45, 7) is 5.58. The predicted octanol–water partition coefficient (Wildman–Crippen LogP) is 3.09. The van der Waals surface area contributed by atoms with Gasteiger partial charge in [0.25, 0.3) is 11.5 Å². The molecular formula is C29H31F3N8O4. The van der Waals surface area contributed by atoms with Gasteiger partial charge in [0.15, 0.2) is 5.65 Å². The van der Waals surface area contributed by atoms with E-state index < -0.39 is 23.3 Å². The van der Waals surface area contributed by atoms with Gasteiger partial charge in [0.05, 0.1) is 18.8 Å². The van der Waals surface area contributed by atoms with Crippen LogP contribution in [0.2, 0.25) is 0 Å². The number of morpholine rings is 1. The van der Waals surface area contributed by atoms with Gasteiger partial charge in [-0.2, -0.15) is 13.2 Å². The summed E-state index contributed by atoms with van der Waals surface area (Å²) in [5.74, 6) is 0.0711. The summed E-state index contributed by atoms with van der Waals surface area (Å²) in [5.41, 5.74) is -0.844. The van der Waals surface area contributed by atoms with Gasteiger partial charge in [0.1, 0.15) is 22.9 Å². The average molecular weight is 613 g/mol. The summed E-state index contributed by atoms with van der Waals surface area (Å²) < 4.78 is 47.4. The number of H-pyrrole nitrogens is 1. The third-order valence-electron chi connectivity index (χ3n) is 7.76. The van der Waals surface area contributed by atoms with Gasteiger partial charge < -0.3 is 9.72 Å². The molecule has 0 atom stereocenters. The second-order valence-electron chi connectivity index (χ2n) is 10.9. The summed E-state index contributed by atoms with van der Waals surface area (Å²) in [6.07, 6.45) is 0.0281. The Labute approximate surface area is 249 Å². The first-order valence-corrected chi connectivity index (χ1v) is 14.5. The first kappa shape index (κ1) is 29.7. The number of imidazole rings is 1. The van der Waals surface area contributed by atoms with Crippen LogP contribution in [0.1, 0.15) is 48.3 Å². The standard InChI is InChI=1S/C29H31F3N8O4/c1-2-9-39-25-23(27(42)40(28(39)43)20-5-6-20)35-24(36-25)18-4-8-22(34-16-18)38(11-10-37-12-14-44-15-13-37)26(41)19-3-7-21(33-17-19)29(30,31)32/h3-4,7-8,16-17,20H,2,5-6,9-15H2,1H3,(H,35,36). The van der Waals surface area contributed by atoms with E-state index in [4.69, 9.17) is 4.74 Å². The van der Waals surface area contributed by atoms with E-state index in [1.54, 1.807) is 12.1 Å². The van der Waals surface area contributed by atoms with Gasteiger partial charge >= 0.3 is 11.9 Å². The minimum Gasteiger partial charge on any atom is -0.379 e. The van der Waals surface area contributed by atoms with Crippen molar-refractivity contribution in [2.45, 2.75) is 44.9 Å². The zero-order valence-corrected chi connectivity index (χ0v) is 24.0. The maximum atomic E-state index is 13.5. The Morgan fingerprint density at radius 1 is 1.07 bits per heavy atom. The number of hydrogen-bond donors (Lipinski definition) is 1. The first-order valence-electron chi connectivity index (χ1n) is 14.5. The molecule has 232 valence electrons. The van der Waals surface area contributed by atoms with Gasteiger partial charge in [-0.1, -0.05) is 6.92 Å². The Morgan fingerprint density at radius 2 is 1.84 bits per heavy atom. The number of halogens is 3. The molecule has 15 heteroatoms. The lowest BCUT2D eigenvalue weighted by molar-refractivity contribution is -0.141. The minimum absolute atomic E-state index is 0.0102. The number of aromatic nitrogens is 6. The Kier molecular flexibility index (Phi) is 8.07. The molecule has 1 N–H and O–H groups in total. The molecule has 0 bridgehead atoms. The molecule has 1 saturated carbocycles. The van der Waals surface area contributed by atoms with Crippen molar-refractivity contribution in [3.63, 3.8) is 0 Å². The molecule has 1 amide bonds. The highest BCUT2D eigenvalue weighted by molar-refractivity contribution is 6.05. The molecule has 0 unspecified atom stereocenters. The first-order chi connectivity index (χ1) is 21.2. The Bertz CT molecular complexity index is 1770. The van der Waals surface area contributed by atoms with Crippen LogP contribution in [0.15, 0.2) is 46.2 Å². The van der Waals surface area contributed by atoms with Gasteiger partial charge in [-0.05, 0) is 43.5 Å². The topological polar surface area (TPSA) is 131 Å². The second kappa shape index (κ2) is 12.0. The van der Waals surface area contributed by atoms with E-state index in [-0.39, 0.29) is 40.8 Å². The molecule has 0 radical (unpaired) electrons. The summed E-state index contributed by atoms with van der Waals surface area (Å²) >= 11 is 0. The third-order valence-corrected chi connectivity index (χ3v) is 7.76. The highest BCUT2D eigenvalue weighted by atomic mass is 19.4. The van der Waals surface area contributed by atoms with Crippen LogP contribution in [0, 0.1) is 0 Å². The molecule has 4 aromatic heterocycles. The summed E-state index contributed by atoms with van der Waals surface area (Å²) in [5, 5.41) is 0. The number of carbonyl (C=O) groups is 1. The minimum atomic E-state index is -4.62. The fourth-order valence-electron chi connectivity index (χ4n) is 5.27. The van der Waals surface area contributed by atoms with E-state index in [1.165, 1.54) is 20.2 Å². The lowest BCUT2D eigenvalue weighted by atomic mass is 10.2. The second-order valence-corrected chi connectivity index (χ2v) is 10.9. The fraction of sp³-hybridized carbons (Fsp3) is 0.448. The fourth-order valence-corrected chi connectivity index (χ4v) is 5.27. The molecule has 4 aromatic rings. The molecule has 12 nitrogen and oxygen atoms in total. The lowest BCUT2D eigenvalue weighted by Crippen LogP contribution is -2.43. The van der Waals surface area contributed by atoms with Crippen molar-refractivity contribution in [3.8, 4) is 11.4 Å². The molecule has 1 saturated heterocycles. The lowest BCUT2D eigenvalue weighted by Gasteiger charge is -2.29. The smallest absolute Gasteiger partial charge is 0.379 e. The predicted molar refractivity (Wildman–Crippen MR) is 155 cm³/mol. The largest absolute Gasteiger partial charge is 0.433 e. The summed E-state index contributed by atoms with van der Waals surface area (Å²) in [7, 11) is 0. The van der Waals surface area contributed by atoms with Gasteiger partial charge in [0, 0.05) is 56.7 Å². The van der Waals surface area contributed by atoms with E-state index in [9.17, 15) is 27.6 Å². The van der Waals surface area contributed by atoms with Crippen LogP contribution in [0.3, 0.4) is 0 Å². The van der Waals surface area contributed by atoms with E-state index in [1.807, 2.05) is 6.92 Å². The Hall–Kier alpha value is -4.37. The molecule has 1 aliphatic carbocycles. The number of nitrogens with zero attached hydrogens (tertiary/aromatic N) is 7. The number of aromatic amines is 1. The number of fused-ring (bicyclic) bond motifs is 1. The number of hydrogen-bond acceptors (Lipinski definition) is 8. The highest BCUT2D eigenvalue weighted by Gasteiger charge is 2.33. The number of rotatable bonds is 9. The Balaban J connectivity index is 1.32. The van der Waals surface area contributed by atoms with E-state index >= 15 is 0 Å². The van der Waals surface area contributed by atoms with Crippen LogP contribution in [-0.2, 0) is 17.5 Å². The van der Waals surface area contributed by atoms with Crippen LogP contribution >= 0.6 is 0 Å². The van der Waals surface area contributed by atoms with E-state index in [0.29, 0.717) is 57.2 Å². The zero-order chi connectivity index (χ0) is 31.0. The van der Waals surface area contributed by atoms with Crippen LogP contribution in [0.5, 0.6) is 0 Å². The van der Waals surface area contributed by atoms with Crippen molar-refractivity contribution in [3.05, 3.63) is 68.8 Å². The molecule has 0 aromatic carbocycles. The van der Waals surface area contributed by atoms with Gasteiger partial charge in [-0.25, -0.2) is 14.8 Å². The van der Waals surface area contributed by atoms with Crippen LogP contribution in [0.25, 0.3) is 22.6 Å². The normalized spacial score (nSPS) is 16.0. The molecule has 1 aliphatic heterocycles. The van der Waals surface area contributed by atoms with Gasteiger partial charge in [0.2, 0.25) is 0 Å².